The average molecular weight is 925 g/mol. The Hall–Kier alpha value is -8.47. The lowest BCUT2D eigenvalue weighted by Gasteiger charge is -2.33. The van der Waals surface area contributed by atoms with Crippen LogP contribution in [0.3, 0.4) is 0 Å². The van der Waals surface area contributed by atoms with Gasteiger partial charge in [0.15, 0.2) is 17.5 Å². The fourth-order valence-electron chi connectivity index (χ4n) is 12.8. The quantitative estimate of drug-likeness (QED) is 0.150. The molecule has 0 fully saturated rings. The molecule has 5 aliphatic carbocycles. The summed E-state index contributed by atoms with van der Waals surface area (Å²) in [6.45, 7) is 5.95. The molecule has 2 heterocycles. The molecule has 4 heteroatoms. The predicted octanol–water partition coefficient (Wildman–Crippen LogP) is 16.7. The molecular formula is C68H52N4. The van der Waals surface area contributed by atoms with E-state index >= 15 is 0 Å². The van der Waals surface area contributed by atoms with Crippen molar-refractivity contribution < 1.29 is 0 Å². The van der Waals surface area contributed by atoms with Crippen LogP contribution < -0.4 is 0 Å². The number of fused-ring (bicyclic) bond motifs is 14. The Morgan fingerprint density at radius 1 is 0.583 bits per heavy atom. The van der Waals surface area contributed by atoms with Crippen LogP contribution >= 0.6 is 0 Å². The second kappa shape index (κ2) is 16.9. The maximum Gasteiger partial charge on any atom is 0.164 e. The lowest BCUT2D eigenvalue weighted by atomic mass is 9.68. The van der Waals surface area contributed by atoms with Crippen molar-refractivity contribution in [3.8, 4) is 50.7 Å². The first-order chi connectivity index (χ1) is 35.6. The van der Waals surface area contributed by atoms with Gasteiger partial charge in [0.25, 0.3) is 0 Å². The Labute approximate surface area is 421 Å². The monoisotopic (exact) mass is 924 g/mol. The molecule has 0 saturated carbocycles. The van der Waals surface area contributed by atoms with E-state index in [2.05, 4.69) is 157 Å². The Morgan fingerprint density at radius 3 is 2.07 bits per heavy atom. The molecule has 1 unspecified atom stereocenters. The van der Waals surface area contributed by atoms with Gasteiger partial charge in [0.05, 0.1) is 16.4 Å². The molecule has 0 N–H and O–H groups in total. The molecule has 7 aromatic carbocycles. The van der Waals surface area contributed by atoms with Crippen LogP contribution in [0.25, 0.3) is 83.7 Å². The van der Waals surface area contributed by atoms with Crippen LogP contribution in [-0.4, -0.2) is 19.5 Å². The van der Waals surface area contributed by atoms with Gasteiger partial charge in [0, 0.05) is 33.2 Å². The maximum atomic E-state index is 5.01. The Kier molecular flexibility index (Phi) is 9.93. The normalized spacial score (nSPS) is 17.6. The van der Waals surface area contributed by atoms with E-state index in [1.54, 1.807) is 6.08 Å². The summed E-state index contributed by atoms with van der Waals surface area (Å²) in [5.74, 6) is 1.85. The first kappa shape index (κ1) is 42.4. The van der Waals surface area contributed by atoms with Crippen molar-refractivity contribution in [3.63, 3.8) is 0 Å². The smallest absolute Gasteiger partial charge is 0.164 e. The molecule has 5 aliphatic rings. The number of allylic oxidation sites excluding steroid dienone is 13. The molecule has 9 aromatic rings. The van der Waals surface area contributed by atoms with E-state index in [0.29, 0.717) is 17.5 Å². The van der Waals surface area contributed by atoms with Crippen LogP contribution in [0.5, 0.6) is 0 Å². The number of hydrogen-bond donors (Lipinski definition) is 0. The Morgan fingerprint density at radius 2 is 1.26 bits per heavy atom. The highest BCUT2D eigenvalue weighted by atomic mass is 15.0. The third-order valence-corrected chi connectivity index (χ3v) is 16.0. The zero-order valence-electron chi connectivity index (χ0n) is 40.5. The van der Waals surface area contributed by atoms with Crippen molar-refractivity contribution in [3.05, 3.63) is 263 Å². The summed E-state index contributed by atoms with van der Waals surface area (Å²) in [6.07, 6.45) is 25.4. The molecular weight excluding hydrogens is 873 g/mol. The molecule has 344 valence electrons. The standard InChI is InChI=1S/C68H52N4/c1-3-17-43(18-4-2)65-69-66(44-19-7-5-8-20-44)71-67(70-65)45-29-33-52(34-30-45)72-63-28-16-14-25-56(63)58-39-48(32-36-64(58)72)49-31-35-55-57-40-50-37-46-21-11-12-22-47(46)38-51(50)42-62(57)68(61(55)41-49)59-26-10-6-9-23-53(59)54-24-13-15-27-60(54)68/h3-5,7-8,10,13-22,24-36,39-42H,1,6,9,11-12,23,37-38H2,2H3/b18-4-,43-17+. The maximum absolute atomic E-state index is 5.01. The molecule has 2 aromatic heterocycles. The molecule has 0 saturated heterocycles. The van der Waals surface area contributed by atoms with Crippen LogP contribution in [0.4, 0.5) is 0 Å². The summed E-state index contributed by atoms with van der Waals surface area (Å²) in [7, 11) is 0. The van der Waals surface area contributed by atoms with Crippen LogP contribution in [-0.2, 0) is 18.3 Å². The molecule has 1 atom stereocenters. The van der Waals surface area contributed by atoms with Gasteiger partial charge in [-0.05, 0) is 178 Å². The number of para-hydroxylation sites is 1. The minimum absolute atomic E-state index is 0.380. The number of hydrogen-bond acceptors (Lipinski definition) is 3. The van der Waals surface area contributed by atoms with Gasteiger partial charge < -0.3 is 4.57 Å². The van der Waals surface area contributed by atoms with E-state index in [4.69, 9.17) is 15.0 Å². The topological polar surface area (TPSA) is 43.6 Å². The Bertz CT molecular complexity index is 3960. The number of aromatic nitrogens is 4. The van der Waals surface area contributed by atoms with Crippen molar-refractivity contribution in [2.75, 3.05) is 0 Å². The molecule has 0 radical (unpaired) electrons. The molecule has 72 heavy (non-hydrogen) atoms. The SMILES string of the molecule is C=C/C=C(\C=C/C)c1nc(-c2ccccc2)nc(-c2ccc(-n3c4ccccc4c4cc(-c5ccc6c(c5)C5(C7=C(CCCC=C7)c7ccccc75)c5cc7c(cc5-6)CC5=CCCC=C5C7)ccc43)cc2)n1. The van der Waals surface area contributed by atoms with Gasteiger partial charge in [-0.2, -0.15) is 0 Å². The molecule has 0 amide bonds. The van der Waals surface area contributed by atoms with Crippen LogP contribution in [0, 0.1) is 0 Å². The largest absolute Gasteiger partial charge is 0.309 e. The zero-order chi connectivity index (χ0) is 47.9. The number of rotatable bonds is 7. The van der Waals surface area contributed by atoms with E-state index in [0.717, 1.165) is 71.9 Å². The third-order valence-electron chi connectivity index (χ3n) is 16.0. The van der Waals surface area contributed by atoms with Gasteiger partial charge in [-0.1, -0.05) is 158 Å². The van der Waals surface area contributed by atoms with E-state index in [-0.39, 0.29) is 5.41 Å². The van der Waals surface area contributed by atoms with Crippen LogP contribution in [0.1, 0.15) is 78.2 Å². The van der Waals surface area contributed by atoms with Gasteiger partial charge in [-0.15, -0.1) is 0 Å². The Balaban J connectivity index is 0.896. The van der Waals surface area contributed by atoms with Gasteiger partial charge in [0.1, 0.15) is 0 Å². The van der Waals surface area contributed by atoms with Gasteiger partial charge >= 0.3 is 0 Å². The van der Waals surface area contributed by atoms with Crippen molar-refractivity contribution in [1.29, 1.82) is 0 Å². The fourth-order valence-corrected chi connectivity index (χ4v) is 12.8. The highest BCUT2D eigenvalue weighted by Gasteiger charge is 2.52. The summed E-state index contributed by atoms with van der Waals surface area (Å²) in [5, 5.41) is 2.45. The molecule has 0 aliphatic heterocycles. The molecule has 4 nitrogen and oxygen atoms in total. The summed E-state index contributed by atoms with van der Waals surface area (Å²) in [4.78, 5) is 15.0. The van der Waals surface area contributed by atoms with Gasteiger partial charge in [0.2, 0.25) is 0 Å². The summed E-state index contributed by atoms with van der Waals surface area (Å²) in [6, 6.07) is 56.6. The summed E-state index contributed by atoms with van der Waals surface area (Å²) < 4.78 is 2.39. The predicted molar refractivity (Wildman–Crippen MR) is 298 cm³/mol. The first-order valence-electron chi connectivity index (χ1n) is 25.7. The summed E-state index contributed by atoms with van der Waals surface area (Å²) >= 11 is 0. The van der Waals surface area contributed by atoms with Gasteiger partial charge in [-0.3, -0.25) is 0 Å². The number of benzene rings is 7. The highest BCUT2D eigenvalue weighted by molar-refractivity contribution is 6.10. The molecule has 1 spiro atoms. The van der Waals surface area contributed by atoms with E-state index in [1.807, 2.05) is 55.5 Å². The molecule has 0 bridgehead atoms. The summed E-state index contributed by atoms with van der Waals surface area (Å²) in [5.41, 5.74) is 25.8. The lowest BCUT2D eigenvalue weighted by molar-refractivity contribution is 0.781. The second-order valence-corrected chi connectivity index (χ2v) is 20.0. The lowest BCUT2D eigenvalue weighted by Crippen LogP contribution is -2.27. The first-order valence-corrected chi connectivity index (χ1v) is 25.7. The van der Waals surface area contributed by atoms with Crippen LogP contribution in [0.15, 0.2) is 224 Å². The third kappa shape index (κ3) is 6.48. The average Bonchev–Trinajstić information content (AvgIpc) is 3.91. The van der Waals surface area contributed by atoms with Crippen molar-refractivity contribution in [2.24, 2.45) is 0 Å². The highest BCUT2D eigenvalue weighted by Crippen LogP contribution is 2.64. The second-order valence-electron chi connectivity index (χ2n) is 20.0. The fraction of sp³-hybridized carbons (Fsp3) is 0.132. The molecule has 14 rings (SSSR count). The minimum atomic E-state index is -0.380. The zero-order valence-corrected chi connectivity index (χ0v) is 40.5. The minimum Gasteiger partial charge on any atom is -0.309 e. The van der Waals surface area contributed by atoms with E-state index in [1.165, 1.54) is 95.1 Å². The van der Waals surface area contributed by atoms with Crippen molar-refractivity contribution in [1.82, 2.24) is 19.5 Å². The van der Waals surface area contributed by atoms with Gasteiger partial charge in [-0.25, -0.2) is 15.0 Å². The van der Waals surface area contributed by atoms with E-state index < -0.39 is 0 Å². The van der Waals surface area contributed by atoms with Crippen LogP contribution in [0.2, 0.25) is 0 Å². The number of nitrogens with zero attached hydrogens (tertiary/aromatic N) is 4. The van der Waals surface area contributed by atoms with E-state index in [9.17, 15) is 0 Å². The van der Waals surface area contributed by atoms with Crippen molar-refractivity contribution in [2.45, 2.75) is 57.3 Å². The van der Waals surface area contributed by atoms with Crippen molar-refractivity contribution >= 4 is 33.0 Å².